The van der Waals surface area contributed by atoms with Gasteiger partial charge in [0, 0.05) is 12.8 Å². The zero-order valence-corrected chi connectivity index (χ0v) is 64.4. The second-order valence-corrected chi connectivity index (χ2v) is 30.9. The van der Waals surface area contributed by atoms with Gasteiger partial charge < -0.3 is 18.9 Å². The Hall–Kier alpha value is -2.03. The van der Waals surface area contributed by atoms with Crippen LogP contribution in [0.4, 0.5) is 0 Å². The van der Waals surface area contributed by atoms with E-state index in [2.05, 4.69) is 62.5 Å². The number of quaternary nitrogens is 1. The fourth-order valence-electron chi connectivity index (χ4n) is 12.6. The van der Waals surface area contributed by atoms with Crippen LogP contribution in [0.15, 0.2) is 48.6 Å². The first-order valence-electron chi connectivity index (χ1n) is 41.4. The molecule has 0 aliphatic rings. The molecule has 10 heteroatoms. The Morgan fingerprint density at radius 2 is 0.606 bits per heavy atom. The van der Waals surface area contributed by atoms with Gasteiger partial charge in [-0.1, -0.05) is 409 Å². The Morgan fingerprint density at radius 1 is 0.340 bits per heavy atom. The molecule has 0 fully saturated rings. The van der Waals surface area contributed by atoms with Crippen molar-refractivity contribution >= 4 is 19.8 Å². The van der Waals surface area contributed by atoms with Crippen LogP contribution in [0.25, 0.3) is 0 Å². The van der Waals surface area contributed by atoms with Crippen molar-refractivity contribution in [3.05, 3.63) is 48.6 Å². The van der Waals surface area contributed by atoms with E-state index < -0.39 is 26.5 Å². The van der Waals surface area contributed by atoms with Crippen LogP contribution >= 0.6 is 7.82 Å². The first-order chi connectivity index (χ1) is 46.0. The fourth-order valence-corrected chi connectivity index (χ4v) is 13.3. The molecule has 2 atom stereocenters. The first-order valence-corrected chi connectivity index (χ1v) is 42.9. The quantitative estimate of drug-likeness (QED) is 0.0211. The molecule has 0 saturated heterocycles. The number of ether oxygens (including phenoxy) is 2. The molecule has 554 valence electrons. The van der Waals surface area contributed by atoms with Crippen LogP contribution in [0, 0.1) is 0 Å². The Balaban J connectivity index is 3.88. The summed E-state index contributed by atoms with van der Waals surface area (Å²) in [4.78, 5) is 36.0. The zero-order valence-electron chi connectivity index (χ0n) is 63.5. The average Bonchev–Trinajstić information content (AvgIpc) is 1.68. The summed E-state index contributed by atoms with van der Waals surface area (Å²) in [6.07, 6.45) is 100.0. The molecule has 0 aliphatic carbocycles. The summed E-state index contributed by atoms with van der Waals surface area (Å²) in [7, 11) is 1.50. The normalized spacial score (nSPS) is 13.2. The summed E-state index contributed by atoms with van der Waals surface area (Å²) in [6.45, 7) is 4.41. The minimum absolute atomic E-state index is 0.0351. The molecule has 0 bridgehead atoms. The molecule has 0 saturated carbocycles. The lowest BCUT2D eigenvalue weighted by Gasteiger charge is -2.24. The highest BCUT2D eigenvalue weighted by Crippen LogP contribution is 2.43. The molecule has 0 radical (unpaired) electrons. The van der Waals surface area contributed by atoms with Gasteiger partial charge in [0.15, 0.2) is 6.10 Å². The van der Waals surface area contributed by atoms with E-state index in [1.54, 1.807) is 0 Å². The molecule has 0 amide bonds. The lowest BCUT2D eigenvalue weighted by Crippen LogP contribution is -2.37. The van der Waals surface area contributed by atoms with Crippen molar-refractivity contribution in [1.82, 2.24) is 0 Å². The van der Waals surface area contributed by atoms with Crippen molar-refractivity contribution in [2.45, 2.75) is 431 Å². The number of likely N-dealkylation sites (N-methyl/N-ethyl adjacent to an activating group) is 1. The third-order valence-corrected chi connectivity index (χ3v) is 19.9. The summed E-state index contributed by atoms with van der Waals surface area (Å²) in [5.41, 5.74) is 0. The Morgan fingerprint density at radius 3 is 0.904 bits per heavy atom. The summed E-state index contributed by atoms with van der Waals surface area (Å²) in [5.74, 6) is -0.770. The monoisotopic (exact) mass is 1340 g/mol. The molecule has 2 unspecified atom stereocenters. The third-order valence-electron chi connectivity index (χ3n) is 18.9. The van der Waals surface area contributed by atoms with Crippen LogP contribution in [0.1, 0.15) is 425 Å². The third kappa shape index (κ3) is 79.0. The molecule has 0 aromatic rings. The average molecular weight is 1340 g/mol. The highest BCUT2D eigenvalue weighted by Gasteiger charge is 2.27. The van der Waals surface area contributed by atoms with Crippen LogP contribution in [-0.2, 0) is 32.7 Å². The predicted octanol–water partition coefficient (Wildman–Crippen LogP) is 27.5. The second-order valence-electron chi connectivity index (χ2n) is 29.5. The number of rotatable bonds is 78. The Labute approximate surface area is 585 Å². The van der Waals surface area contributed by atoms with E-state index in [1.165, 1.54) is 334 Å². The number of carbonyl (C=O) groups is 2. The van der Waals surface area contributed by atoms with E-state index in [0.717, 1.165) is 57.8 Å². The maximum absolute atomic E-state index is 12.9. The molecular weight excluding hydrogens is 1180 g/mol. The van der Waals surface area contributed by atoms with Crippen molar-refractivity contribution in [1.29, 1.82) is 0 Å². The van der Waals surface area contributed by atoms with E-state index in [1.807, 2.05) is 21.1 Å². The minimum Gasteiger partial charge on any atom is -0.462 e. The van der Waals surface area contributed by atoms with Gasteiger partial charge in [-0.05, 0) is 51.4 Å². The molecule has 0 aromatic heterocycles. The van der Waals surface area contributed by atoms with Gasteiger partial charge in [-0.15, -0.1) is 0 Å². The van der Waals surface area contributed by atoms with Gasteiger partial charge in [0.2, 0.25) is 0 Å². The van der Waals surface area contributed by atoms with Gasteiger partial charge in [0.1, 0.15) is 19.8 Å². The standard InChI is InChI=1S/C84H160NO8P/c1-6-8-10-12-14-16-18-20-22-24-26-28-30-32-34-36-38-40-42-44-46-48-50-52-54-56-58-60-62-64-66-68-70-72-74-76-83(86)90-80-82(81-92-94(88,89)91-79-78-85(3,4)5)93-84(87)77-75-73-71-69-67-65-63-61-59-57-55-53-51-49-47-45-43-41-39-37-35-33-31-29-27-25-23-21-19-17-15-13-11-9-7-2/h9,11,15,17,21,23,27,29,82H,6-8,10,12-14,16,18-20,22,24-26,28,30-81H2,1-5H3/p+1/b11-9-,17-15-,23-21-,29-27-. The number of nitrogens with zero attached hydrogens (tertiary/aromatic N) is 1. The number of allylic oxidation sites excluding steroid dienone is 8. The number of hydrogen-bond donors (Lipinski definition) is 1. The highest BCUT2D eigenvalue weighted by molar-refractivity contribution is 7.47. The van der Waals surface area contributed by atoms with Gasteiger partial charge in [0.25, 0.3) is 0 Å². The maximum Gasteiger partial charge on any atom is 0.472 e. The van der Waals surface area contributed by atoms with Crippen molar-refractivity contribution < 1.29 is 42.1 Å². The summed E-state index contributed by atoms with van der Waals surface area (Å²) in [5, 5.41) is 0. The van der Waals surface area contributed by atoms with E-state index in [-0.39, 0.29) is 25.6 Å². The largest absolute Gasteiger partial charge is 0.472 e. The number of phosphoric ester groups is 1. The van der Waals surface area contributed by atoms with Gasteiger partial charge >= 0.3 is 19.8 Å². The van der Waals surface area contributed by atoms with Crippen LogP contribution in [-0.4, -0.2) is 74.9 Å². The molecule has 0 aliphatic heterocycles. The predicted molar refractivity (Wildman–Crippen MR) is 409 cm³/mol. The molecule has 1 N–H and O–H groups in total. The summed E-state index contributed by atoms with van der Waals surface area (Å²) >= 11 is 0. The van der Waals surface area contributed by atoms with Gasteiger partial charge in [-0.25, -0.2) is 4.57 Å². The van der Waals surface area contributed by atoms with Crippen molar-refractivity contribution in [2.75, 3.05) is 47.5 Å². The lowest BCUT2D eigenvalue weighted by atomic mass is 10.0. The van der Waals surface area contributed by atoms with E-state index in [0.29, 0.717) is 23.9 Å². The van der Waals surface area contributed by atoms with Gasteiger partial charge in [0.05, 0.1) is 27.7 Å². The second kappa shape index (κ2) is 75.2. The van der Waals surface area contributed by atoms with Crippen LogP contribution in [0.2, 0.25) is 0 Å². The molecular formula is C84H161NO8P+. The minimum atomic E-state index is -4.39. The summed E-state index contributed by atoms with van der Waals surface area (Å²) in [6, 6.07) is 0. The van der Waals surface area contributed by atoms with E-state index in [4.69, 9.17) is 18.5 Å². The molecule has 0 spiro atoms. The molecule has 94 heavy (non-hydrogen) atoms. The SMILES string of the molecule is CC/C=C\C/C=C\C/C=C\C/C=C\CCCCCCCCCCCCCCCCCCCCCCCCC(=O)OC(COC(=O)CCCCCCCCCCCCCCCCCCCCCCCCCCCCCCCCCCCCC)COP(=O)(O)OCC[N+](C)(C)C. The smallest absolute Gasteiger partial charge is 0.462 e. The van der Waals surface area contributed by atoms with Gasteiger partial charge in [-0.3, -0.25) is 18.6 Å². The van der Waals surface area contributed by atoms with Crippen LogP contribution in [0.3, 0.4) is 0 Å². The van der Waals surface area contributed by atoms with Crippen molar-refractivity contribution in [3.8, 4) is 0 Å². The van der Waals surface area contributed by atoms with Crippen LogP contribution in [0.5, 0.6) is 0 Å². The van der Waals surface area contributed by atoms with Crippen LogP contribution < -0.4 is 0 Å². The molecule has 0 rings (SSSR count). The number of unbranched alkanes of at least 4 members (excludes halogenated alkanes) is 56. The van der Waals surface area contributed by atoms with Gasteiger partial charge in [-0.2, -0.15) is 0 Å². The summed E-state index contributed by atoms with van der Waals surface area (Å²) < 4.78 is 34.9. The topological polar surface area (TPSA) is 108 Å². The van der Waals surface area contributed by atoms with E-state index >= 15 is 0 Å². The molecule has 0 aromatic carbocycles. The molecule has 9 nitrogen and oxygen atoms in total. The molecule has 0 heterocycles. The Bertz CT molecular complexity index is 1720. The fraction of sp³-hybridized carbons (Fsp3) is 0.881. The number of carbonyl (C=O) groups excluding carboxylic acids is 2. The van der Waals surface area contributed by atoms with Crippen molar-refractivity contribution in [3.63, 3.8) is 0 Å². The Kier molecular flexibility index (Phi) is 73.6. The number of esters is 2. The van der Waals surface area contributed by atoms with E-state index in [9.17, 15) is 19.0 Å². The lowest BCUT2D eigenvalue weighted by molar-refractivity contribution is -0.870. The number of hydrogen-bond acceptors (Lipinski definition) is 7. The zero-order chi connectivity index (χ0) is 68.3. The number of phosphoric acid groups is 1. The highest BCUT2D eigenvalue weighted by atomic mass is 31.2. The maximum atomic E-state index is 12.9. The van der Waals surface area contributed by atoms with Crippen molar-refractivity contribution in [2.24, 2.45) is 0 Å². The first kappa shape index (κ1) is 92.0.